The van der Waals surface area contributed by atoms with E-state index in [2.05, 4.69) is 12.2 Å². The van der Waals surface area contributed by atoms with Gasteiger partial charge in [-0.15, -0.1) is 0 Å². The fourth-order valence-electron chi connectivity index (χ4n) is 2.16. The Kier molecular flexibility index (Phi) is 6.54. The molecule has 0 spiro atoms. The van der Waals surface area contributed by atoms with Crippen LogP contribution < -0.4 is 5.32 Å². The van der Waals surface area contributed by atoms with Crippen molar-refractivity contribution in [1.29, 1.82) is 0 Å². The van der Waals surface area contributed by atoms with E-state index in [1.807, 2.05) is 18.1 Å². The highest BCUT2D eigenvalue weighted by Crippen LogP contribution is 2.17. The van der Waals surface area contributed by atoms with E-state index >= 15 is 0 Å². The zero-order valence-corrected chi connectivity index (χ0v) is 12.4. The highest BCUT2D eigenvalue weighted by Gasteiger charge is 2.22. The first-order valence-electron chi connectivity index (χ1n) is 6.66. The van der Waals surface area contributed by atoms with E-state index in [1.165, 1.54) is 18.2 Å². The van der Waals surface area contributed by atoms with Crippen molar-refractivity contribution in [3.05, 3.63) is 0 Å². The molecule has 2 amide bonds. The van der Waals surface area contributed by atoms with Crippen LogP contribution in [0.4, 0.5) is 0 Å². The summed E-state index contributed by atoms with van der Waals surface area (Å²) in [5.74, 6) is 0.182. The third-order valence-corrected chi connectivity index (χ3v) is 4.41. The molecule has 1 saturated heterocycles. The molecule has 1 aliphatic heterocycles. The van der Waals surface area contributed by atoms with Crippen molar-refractivity contribution in [3.63, 3.8) is 0 Å². The highest BCUT2D eigenvalue weighted by atomic mass is 32.2. The van der Waals surface area contributed by atoms with Crippen LogP contribution in [0.25, 0.3) is 0 Å². The molecule has 1 aliphatic rings. The van der Waals surface area contributed by atoms with Gasteiger partial charge < -0.3 is 10.2 Å². The lowest BCUT2D eigenvalue weighted by Crippen LogP contribution is -2.43. The predicted molar refractivity (Wildman–Crippen MR) is 75.6 cm³/mol. The van der Waals surface area contributed by atoms with E-state index in [9.17, 15) is 9.59 Å². The summed E-state index contributed by atoms with van der Waals surface area (Å²) in [6.45, 7) is 5.29. The van der Waals surface area contributed by atoms with Crippen LogP contribution in [0.3, 0.4) is 0 Å². The lowest BCUT2D eigenvalue weighted by Gasteiger charge is -2.33. The highest BCUT2D eigenvalue weighted by molar-refractivity contribution is 7.99. The Morgan fingerprint density at radius 2 is 2.17 bits per heavy atom. The second-order valence-electron chi connectivity index (χ2n) is 4.85. The van der Waals surface area contributed by atoms with Crippen LogP contribution in [-0.2, 0) is 9.59 Å². The van der Waals surface area contributed by atoms with Crippen molar-refractivity contribution in [1.82, 2.24) is 10.2 Å². The molecule has 1 fully saturated rings. The number of rotatable bonds is 5. The van der Waals surface area contributed by atoms with E-state index in [-0.39, 0.29) is 17.1 Å². The van der Waals surface area contributed by atoms with E-state index in [0.29, 0.717) is 19.0 Å². The minimum Gasteiger partial charge on any atom is -0.355 e. The van der Waals surface area contributed by atoms with Crippen molar-refractivity contribution in [2.75, 3.05) is 19.3 Å². The van der Waals surface area contributed by atoms with Crippen LogP contribution >= 0.6 is 11.8 Å². The summed E-state index contributed by atoms with van der Waals surface area (Å²) in [5.41, 5.74) is 0. The normalized spacial score (nSPS) is 21.5. The SMILES string of the molecule is CS[C@@H](C)C(=O)NCCC(=O)N1CCCC[C@@H]1C. The fraction of sp³-hybridized carbons (Fsp3) is 0.846. The molecule has 1 heterocycles. The zero-order chi connectivity index (χ0) is 13.5. The van der Waals surface area contributed by atoms with Gasteiger partial charge in [0.1, 0.15) is 0 Å². The number of nitrogens with zero attached hydrogens (tertiary/aromatic N) is 1. The summed E-state index contributed by atoms with van der Waals surface area (Å²) in [6.07, 6.45) is 5.74. The van der Waals surface area contributed by atoms with Gasteiger partial charge in [-0.05, 0) is 39.4 Å². The number of thioether (sulfide) groups is 1. The summed E-state index contributed by atoms with van der Waals surface area (Å²) in [6, 6.07) is 0.354. The fourth-order valence-corrected chi connectivity index (χ4v) is 2.45. The average molecular weight is 272 g/mol. The van der Waals surface area contributed by atoms with Crippen LogP contribution in [0.5, 0.6) is 0 Å². The van der Waals surface area contributed by atoms with Gasteiger partial charge in [-0.3, -0.25) is 9.59 Å². The molecule has 5 heteroatoms. The van der Waals surface area contributed by atoms with Gasteiger partial charge in [-0.1, -0.05) is 0 Å². The number of carbonyl (C=O) groups excluding carboxylic acids is 2. The monoisotopic (exact) mass is 272 g/mol. The van der Waals surface area contributed by atoms with Crippen molar-refractivity contribution < 1.29 is 9.59 Å². The summed E-state index contributed by atoms with van der Waals surface area (Å²) in [4.78, 5) is 25.5. The number of likely N-dealkylation sites (tertiary alicyclic amines) is 1. The number of amides is 2. The maximum absolute atomic E-state index is 12.0. The molecule has 4 nitrogen and oxygen atoms in total. The van der Waals surface area contributed by atoms with Gasteiger partial charge in [0, 0.05) is 25.6 Å². The third-order valence-electron chi connectivity index (χ3n) is 3.48. The lowest BCUT2D eigenvalue weighted by atomic mass is 10.0. The second kappa shape index (κ2) is 7.67. The Morgan fingerprint density at radius 1 is 1.44 bits per heavy atom. The van der Waals surface area contributed by atoms with Crippen molar-refractivity contribution in [2.45, 2.75) is 50.8 Å². The number of hydrogen-bond acceptors (Lipinski definition) is 3. The molecular weight excluding hydrogens is 248 g/mol. The van der Waals surface area contributed by atoms with E-state index in [1.54, 1.807) is 0 Å². The van der Waals surface area contributed by atoms with Crippen molar-refractivity contribution >= 4 is 23.6 Å². The Bertz CT molecular complexity index is 297. The maximum Gasteiger partial charge on any atom is 0.232 e. The van der Waals surface area contributed by atoms with E-state index in [0.717, 1.165) is 19.4 Å². The van der Waals surface area contributed by atoms with Gasteiger partial charge in [0.25, 0.3) is 0 Å². The van der Waals surface area contributed by atoms with Crippen LogP contribution in [0, 0.1) is 0 Å². The largest absolute Gasteiger partial charge is 0.355 e. The van der Waals surface area contributed by atoms with Gasteiger partial charge in [-0.25, -0.2) is 0 Å². The molecule has 0 saturated carbocycles. The zero-order valence-electron chi connectivity index (χ0n) is 11.6. The molecule has 1 rings (SSSR count). The maximum atomic E-state index is 12.0. The van der Waals surface area contributed by atoms with E-state index < -0.39 is 0 Å². The molecule has 0 unspecified atom stereocenters. The molecule has 18 heavy (non-hydrogen) atoms. The molecule has 0 aliphatic carbocycles. The molecule has 1 N–H and O–H groups in total. The van der Waals surface area contributed by atoms with Gasteiger partial charge in [0.15, 0.2) is 0 Å². The number of nitrogens with one attached hydrogen (secondary N) is 1. The molecule has 0 aromatic heterocycles. The van der Waals surface area contributed by atoms with Gasteiger partial charge in [0.05, 0.1) is 5.25 Å². The molecule has 104 valence electrons. The number of piperidine rings is 1. The molecule has 0 bridgehead atoms. The minimum atomic E-state index is -0.0472. The quantitative estimate of drug-likeness (QED) is 0.828. The van der Waals surface area contributed by atoms with E-state index in [4.69, 9.17) is 0 Å². The molecule has 2 atom stereocenters. The molecule has 0 radical (unpaired) electrons. The first-order chi connectivity index (χ1) is 8.56. The van der Waals surface area contributed by atoms with Gasteiger partial charge in [0.2, 0.25) is 11.8 Å². The summed E-state index contributed by atoms with van der Waals surface area (Å²) in [5, 5.41) is 2.76. The van der Waals surface area contributed by atoms with Gasteiger partial charge >= 0.3 is 0 Å². The van der Waals surface area contributed by atoms with Crippen LogP contribution in [-0.4, -0.2) is 47.4 Å². The molecular formula is C13H24N2O2S. The van der Waals surface area contributed by atoms with Crippen molar-refractivity contribution in [3.8, 4) is 0 Å². The number of hydrogen-bond donors (Lipinski definition) is 1. The Balaban J connectivity index is 2.26. The minimum absolute atomic E-state index is 0.0157. The Labute approximate surface area is 114 Å². The second-order valence-corrected chi connectivity index (χ2v) is 6.03. The molecule has 0 aromatic rings. The predicted octanol–water partition coefficient (Wildman–Crippen LogP) is 1.65. The summed E-state index contributed by atoms with van der Waals surface area (Å²) in [7, 11) is 0. The first-order valence-corrected chi connectivity index (χ1v) is 7.95. The van der Waals surface area contributed by atoms with Gasteiger partial charge in [-0.2, -0.15) is 11.8 Å². The van der Waals surface area contributed by atoms with Crippen LogP contribution in [0.2, 0.25) is 0 Å². The van der Waals surface area contributed by atoms with Crippen molar-refractivity contribution in [2.24, 2.45) is 0 Å². The van der Waals surface area contributed by atoms with Crippen LogP contribution in [0.15, 0.2) is 0 Å². The van der Waals surface area contributed by atoms with Crippen LogP contribution in [0.1, 0.15) is 39.5 Å². The third kappa shape index (κ3) is 4.52. The topological polar surface area (TPSA) is 49.4 Å². The molecule has 0 aromatic carbocycles. The smallest absolute Gasteiger partial charge is 0.232 e. The Morgan fingerprint density at radius 3 is 2.78 bits per heavy atom. The Hall–Kier alpha value is -0.710. The summed E-state index contributed by atoms with van der Waals surface area (Å²) < 4.78 is 0. The average Bonchev–Trinajstić information content (AvgIpc) is 2.37. The standard InChI is InChI=1S/C13H24N2O2S/c1-10-6-4-5-9-15(10)12(16)7-8-14-13(17)11(2)18-3/h10-11H,4-9H2,1-3H3,(H,14,17)/t10-,11-/m0/s1. The first kappa shape index (κ1) is 15.3. The lowest BCUT2D eigenvalue weighted by molar-refractivity contribution is -0.134. The number of carbonyl (C=O) groups is 2. The summed E-state index contributed by atoms with van der Waals surface area (Å²) >= 11 is 1.51.